The maximum Gasteiger partial charge on any atom is 0.573 e. The first-order chi connectivity index (χ1) is 62.3. The lowest BCUT2D eigenvalue weighted by molar-refractivity contribution is -0.276. The minimum Gasteiger partial charge on any atom is -0.506 e. The average Bonchev–Trinajstić information content (AvgIpc) is 1.57. The van der Waals surface area contributed by atoms with Gasteiger partial charge in [0.15, 0.2) is 69.9 Å². The van der Waals surface area contributed by atoms with Gasteiger partial charge < -0.3 is 54.8 Å². The summed E-state index contributed by atoms with van der Waals surface area (Å²) in [6.07, 6.45) is -1.00. The molecular weight excluding hydrogens is 1850 g/mol. The smallest absolute Gasteiger partial charge is 0.506 e. The molecule has 0 aromatic heterocycles. The van der Waals surface area contributed by atoms with Crippen LogP contribution in [0.3, 0.4) is 0 Å². The van der Waals surface area contributed by atoms with Gasteiger partial charge >= 0.3 is 24.7 Å². The monoisotopic (exact) mass is 1950 g/mol. The zero-order valence-corrected chi connectivity index (χ0v) is 74.9. The molecule has 0 bridgehead atoms. The fraction of sp³-hybridized carbons (Fsp3) is 0.448. The number of rotatable bonds is 21. The van der Waals surface area contributed by atoms with Crippen molar-refractivity contribution in [1.82, 2.24) is 43.2 Å². The number of hydrogen-bond donors (Lipinski definition) is 13. The largest absolute Gasteiger partial charge is 0.573 e. The number of ether oxygens (including phenoxy) is 6. The van der Waals surface area contributed by atoms with E-state index in [-0.39, 0.29) is 138 Å². The molecule has 45 heteroatoms. The lowest BCUT2D eigenvalue weighted by atomic mass is 9.77. The topological polar surface area (TPSA) is 492 Å². The number of amides is 4. The van der Waals surface area contributed by atoms with Gasteiger partial charge in [0.25, 0.3) is 23.6 Å². The second-order valence-electron chi connectivity index (χ2n) is 34.3. The van der Waals surface area contributed by atoms with E-state index in [9.17, 15) is 119 Å². The van der Waals surface area contributed by atoms with Gasteiger partial charge in [0.05, 0.1) is 42.8 Å². The van der Waals surface area contributed by atoms with Crippen LogP contribution in [0, 0.1) is 27.5 Å². The lowest BCUT2D eigenvalue weighted by Crippen LogP contribution is -2.51. The summed E-state index contributed by atoms with van der Waals surface area (Å²) in [6.45, 7) is 5.90. The number of phenolic OH excluding ortho intramolecular Hbond substituents is 1. The van der Waals surface area contributed by atoms with Crippen molar-refractivity contribution in [3.63, 3.8) is 0 Å². The molecule has 4 amide bonds. The zero-order chi connectivity index (χ0) is 95.8. The number of benzene rings is 7. The molecular formula is C87H98ClF7N8O25S4. The third-order valence-corrected chi connectivity index (χ3v) is 36.8. The Kier molecular flexibility index (Phi) is 30.5. The Morgan fingerprint density at radius 1 is 0.364 bits per heavy atom. The van der Waals surface area contributed by atoms with Crippen molar-refractivity contribution < 1.29 is 148 Å². The highest BCUT2D eigenvalue weighted by molar-refractivity contribution is 7.94. The van der Waals surface area contributed by atoms with E-state index in [2.05, 4.69) is 30.7 Å². The number of alkyl halides is 6. The Morgan fingerprint density at radius 3 is 0.992 bits per heavy atom. The Hall–Kier alpha value is -10.4. The van der Waals surface area contributed by atoms with E-state index in [1.54, 1.807) is 35.2 Å². The molecule has 4 saturated carbocycles. The van der Waals surface area contributed by atoms with Gasteiger partial charge in [-0.1, -0.05) is 23.7 Å². The van der Waals surface area contributed by atoms with Gasteiger partial charge in [-0.2, -0.15) is 0 Å². The van der Waals surface area contributed by atoms with Crippen molar-refractivity contribution >= 4 is 86.5 Å². The molecule has 7 aromatic carbocycles. The standard InChI is InChI=1S/C24H25F3N2O7S.C24H28N2O7S.C23H24F4N2O6S.C16H21ClN2O5S/c25-24(26,27)36-17-6-4-16(5-7-17)20(30)35-18-2-1-3-19(14-18)37(33,34)23(21(31)29-32)9-8-22(15-23)10-12-28-13-11-22;1-32-18-7-5-17(6-8-18)21(27)33-19-3-2-4-20(15-19)34(30,31)24(22(28)26-29)10-9-23(16-24)11-13-25-14-12-23;24-18-13-16(3-6-19(18)35-23(25,26)27)34-15-1-4-17(5-2-15)36(32,33)22(20(30)29-31)8-7-21(14-22)9-11-28-12-10-21;17-12-9-11(1-2-13(12)20)25(23,24)16(14(21)19-22)4-3-15(10-16)5-7-18-8-6-15/h1-7,14,28,32H,8-13,15H2,(H,29,31);2-8,15,25,29H,9-14,16H2,1H3,(H,26,28);1-6,13,28,31H,7-12,14H2,(H,29,30);1-2,9,18,20,22H,3-8,10H2,(H,19,21). The molecule has 4 spiro atoms. The van der Waals surface area contributed by atoms with Crippen molar-refractivity contribution in [2.24, 2.45) is 21.7 Å². The van der Waals surface area contributed by atoms with Gasteiger partial charge in [-0.15, -0.1) is 26.3 Å². The number of phenols is 1. The summed E-state index contributed by atoms with van der Waals surface area (Å²) in [5.74, 6) is -8.07. The fourth-order valence-corrected chi connectivity index (χ4v) is 28.3. The molecule has 4 heterocycles. The van der Waals surface area contributed by atoms with E-state index >= 15 is 0 Å². The molecule has 4 saturated heterocycles. The molecule has 33 nitrogen and oxygen atoms in total. The Labute approximate surface area is 759 Å². The SMILES string of the molecule is COc1ccc(C(=O)Oc2cccc(S(=O)(=O)C3(C(=O)NO)CCC4(CCNCC4)C3)c2)cc1.O=C(NO)C1(S(=O)(=O)c2ccc(O)c(Cl)c2)CCC2(CCNCC2)C1.O=C(NO)C1(S(=O)(=O)c2ccc(Oc3ccc(OC(F)(F)F)c(F)c3)cc2)CCC2(CCNCC2)C1.O=C(Oc1cccc(S(=O)(=O)C2(C(=O)NO)CCC3(CCNCC3)C2)c1)c1ccc(OC(F)(F)F)cc1. The first kappa shape index (κ1) is 101. The second kappa shape index (κ2) is 40.1. The maximum atomic E-state index is 13.9. The van der Waals surface area contributed by atoms with E-state index in [1.807, 2.05) is 0 Å². The summed E-state index contributed by atoms with van der Waals surface area (Å²) < 4.78 is 218. The number of nitrogens with one attached hydrogen (secondary N) is 8. The Balaban J connectivity index is 0.000000160. The van der Waals surface area contributed by atoms with Gasteiger partial charge in [-0.25, -0.2) is 69.6 Å². The summed E-state index contributed by atoms with van der Waals surface area (Å²) in [4.78, 5) is 75.2. The van der Waals surface area contributed by atoms with Gasteiger partial charge in [-0.05, 0) is 342 Å². The minimum absolute atomic E-state index is 0.0259. The number of esters is 2. The number of hydroxylamine groups is 4. The van der Waals surface area contributed by atoms with Crippen LogP contribution in [0.4, 0.5) is 30.7 Å². The van der Waals surface area contributed by atoms with Crippen LogP contribution < -0.4 is 71.6 Å². The van der Waals surface area contributed by atoms with Crippen LogP contribution in [0.5, 0.6) is 46.0 Å². The van der Waals surface area contributed by atoms with Crippen LogP contribution in [0.1, 0.15) is 149 Å². The molecule has 15 rings (SSSR count). The van der Waals surface area contributed by atoms with E-state index in [0.29, 0.717) is 76.5 Å². The number of carbonyl (C=O) groups excluding carboxylic acids is 6. The van der Waals surface area contributed by atoms with Crippen LogP contribution in [-0.2, 0) is 58.5 Å². The summed E-state index contributed by atoms with van der Waals surface area (Å²) >= 11 is 5.85. The van der Waals surface area contributed by atoms with Gasteiger partial charge in [0, 0.05) is 6.07 Å². The van der Waals surface area contributed by atoms with E-state index < -0.39 is 124 Å². The maximum absolute atomic E-state index is 13.9. The number of halogens is 8. The second-order valence-corrected chi connectivity index (χ2v) is 43.8. The third kappa shape index (κ3) is 21.2. The summed E-state index contributed by atoms with van der Waals surface area (Å²) in [6, 6.07) is 32.1. The zero-order valence-electron chi connectivity index (χ0n) is 70.9. The summed E-state index contributed by atoms with van der Waals surface area (Å²) in [7, 11) is -15.4. The molecule has 4 unspecified atom stereocenters. The number of hydrogen-bond acceptors (Lipinski definition) is 29. The highest BCUT2D eigenvalue weighted by Crippen LogP contribution is 2.59. The molecule has 0 radical (unpaired) electrons. The van der Waals surface area contributed by atoms with Crippen LogP contribution in [0.25, 0.3) is 0 Å². The van der Waals surface area contributed by atoms with Crippen molar-refractivity contribution in [3.8, 4) is 46.0 Å². The van der Waals surface area contributed by atoms with Gasteiger partial charge in [-0.3, -0.25) is 40.0 Å². The van der Waals surface area contributed by atoms with E-state index in [0.717, 1.165) is 113 Å². The number of piperidine rings is 4. The number of sulfone groups is 4. The summed E-state index contributed by atoms with van der Waals surface area (Å²) in [5, 5.41) is 59.8. The molecule has 13 N–H and O–H groups in total. The van der Waals surface area contributed by atoms with Gasteiger partial charge in [0.2, 0.25) is 0 Å². The molecule has 4 aliphatic carbocycles. The number of carbonyl (C=O) groups is 6. The van der Waals surface area contributed by atoms with E-state index in [1.165, 1.54) is 96.9 Å². The van der Waals surface area contributed by atoms with Crippen LogP contribution >= 0.6 is 11.6 Å². The predicted molar refractivity (Wildman–Crippen MR) is 455 cm³/mol. The number of methoxy groups -OCH3 is 1. The molecule has 4 atom stereocenters. The predicted octanol–water partition coefficient (Wildman–Crippen LogP) is 11.6. The molecule has 8 fully saturated rings. The molecule has 4 aliphatic heterocycles. The first-order valence-electron chi connectivity index (χ1n) is 41.9. The number of aromatic hydroxyl groups is 1. The van der Waals surface area contributed by atoms with Crippen LogP contribution in [0.15, 0.2) is 177 Å². The van der Waals surface area contributed by atoms with Crippen molar-refractivity contribution in [2.45, 2.75) is 180 Å². The van der Waals surface area contributed by atoms with Crippen molar-refractivity contribution in [3.05, 3.63) is 180 Å². The fourth-order valence-electron chi connectivity index (χ4n) is 19.5. The summed E-state index contributed by atoms with van der Waals surface area (Å²) in [5.41, 5.74) is 5.22. The molecule has 8 aliphatic rings. The Morgan fingerprint density at radius 2 is 0.674 bits per heavy atom. The van der Waals surface area contributed by atoms with Crippen molar-refractivity contribution in [2.75, 3.05) is 59.5 Å². The molecule has 716 valence electrons. The molecule has 132 heavy (non-hydrogen) atoms. The average molecular weight is 1950 g/mol. The van der Waals surface area contributed by atoms with Crippen LogP contribution in [-0.4, -0.2) is 186 Å². The van der Waals surface area contributed by atoms with Gasteiger partial charge in [0.1, 0.15) is 40.2 Å². The highest BCUT2D eigenvalue weighted by atomic mass is 35.5. The van der Waals surface area contributed by atoms with Crippen molar-refractivity contribution in [1.29, 1.82) is 0 Å². The van der Waals surface area contributed by atoms with E-state index in [4.69, 9.17) is 30.5 Å². The Bertz CT molecular complexity index is 5890. The quantitative estimate of drug-likeness (QED) is 0.0104. The molecule has 7 aromatic rings. The lowest BCUT2D eigenvalue weighted by Gasteiger charge is -2.36. The first-order valence-corrected chi connectivity index (χ1v) is 48.2. The highest BCUT2D eigenvalue weighted by Gasteiger charge is 2.65. The third-order valence-electron chi connectivity index (χ3n) is 26.7. The van der Waals surface area contributed by atoms with Crippen LogP contribution in [0.2, 0.25) is 5.02 Å². The minimum atomic E-state index is -5.05. The normalized spacial score (nSPS) is 22.4.